The molecule has 0 aliphatic heterocycles. The lowest BCUT2D eigenvalue weighted by molar-refractivity contribution is 0.601. The third kappa shape index (κ3) is 2.82. The number of rotatable bonds is 2. The average Bonchev–Trinajstić information content (AvgIpc) is 2.01. The van der Waals surface area contributed by atoms with Crippen LogP contribution in [-0.4, -0.2) is 14.7 Å². The fourth-order valence-electron chi connectivity index (χ4n) is 1.13. The molecule has 0 aromatic heterocycles. The van der Waals surface area contributed by atoms with Crippen LogP contribution < -0.4 is 0 Å². The van der Waals surface area contributed by atoms with Crippen molar-refractivity contribution in [2.24, 2.45) is 0 Å². The predicted octanol–water partition coefficient (Wildman–Crippen LogP) is 2.98. The summed E-state index contributed by atoms with van der Waals surface area (Å²) in [5.41, 5.74) is 1.03. The molecule has 2 nitrogen and oxygen atoms in total. The Morgan fingerprint density at radius 2 is 1.79 bits per heavy atom. The van der Waals surface area contributed by atoms with Crippen molar-refractivity contribution in [3.63, 3.8) is 0 Å². The molecule has 1 rings (SSSR count). The van der Waals surface area contributed by atoms with Crippen LogP contribution in [0.25, 0.3) is 0 Å². The van der Waals surface area contributed by atoms with Crippen molar-refractivity contribution in [2.45, 2.75) is 24.7 Å². The topological polar surface area (TPSA) is 34.1 Å². The molecule has 0 atom stereocenters. The highest BCUT2D eigenvalue weighted by molar-refractivity contribution is 9.10. The minimum Gasteiger partial charge on any atom is -0.224 e. The zero-order valence-corrected chi connectivity index (χ0v) is 10.8. The predicted molar refractivity (Wildman–Crippen MR) is 61.3 cm³/mol. The van der Waals surface area contributed by atoms with Gasteiger partial charge in [0.25, 0.3) is 0 Å². The first-order chi connectivity index (χ1) is 6.30. The summed E-state index contributed by atoms with van der Waals surface area (Å²) < 4.78 is 23.5. The molecule has 14 heavy (non-hydrogen) atoms. The van der Waals surface area contributed by atoms with Crippen LogP contribution >= 0.6 is 15.9 Å². The maximum atomic E-state index is 11.3. The Balaban J connectivity index is 3.35. The molecule has 0 unspecified atom stereocenters. The molecule has 0 N–H and O–H groups in total. The second kappa shape index (κ2) is 4.03. The van der Waals surface area contributed by atoms with Crippen molar-refractivity contribution in [2.75, 3.05) is 6.26 Å². The van der Waals surface area contributed by atoms with Gasteiger partial charge in [-0.05, 0) is 29.7 Å². The van der Waals surface area contributed by atoms with E-state index in [0.29, 0.717) is 10.8 Å². The standard InChI is InChI=1S/C10H13BrO2S/c1-7(2)8-4-9(11)6-10(5-8)14(3,12)13/h4-7H,1-3H3. The Morgan fingerprint density at radius 3 is 2.21 bits per heavy atom. The SMILES string of the molecule is CC(C)c1cc(Br)cc(S(C)(=O)=O)c1. The summed E-state index contributed by atoms with van der Waals surface area (Å²) in [4.78, 5) is 0.371. The van der Waals surface area contributed by atoms with Crippen molar-refractivity contribution >= 4 is 25.8 Å². The second-order valence-electron chi connectivity index (χ2n) is 3.65. The highest BCUT2D eigenvalue weighted by Gasteiger charge is 2.10. The van der Waals surface area contributed by atoms with Crippen LogP contribution in [0.4, 0.5) is 0 Å². The molecule has 1 aromatic rings. The number of hydrogen-bond donors (Lipinski definition) is 0. The summed E-state index contributed by atoms with van der Waals surface area (Å²) in [6.07, 6.45) is 1.22. The van der Waals surface area contributed by atoms with Gasteiger partial charge in [0.1, 0.15) is 0 Å². The third-order valence-corrected chi connectivity index (χ3v) is 3.54. The Labute approximate surface area is 93.4 Å². The molecule has 0 saturated heterocycles. The summed E-state index contributed by atoms with van der Waals surface area (Å²) in [6, 6.07) is 5.30. The molecule has 78 valence electrons. The summed E-state index contributed by atoms with van der Waals surface area (Å²) in [7, 11) is -3.11. The van der Waals surface area contributed by atoms with E-state index in [9.17, 15) is 8.42 Å². The van der Waals surface area contributed by atoms with E-state index >= 15 is 0 Å². The van der Waals surface area contributed by atoms with E-state index in [1.807, 2.05) is 19.9 Å². The van der Waals surface area contributed by atoms with Gasteiger partial charge in [-0.1, -0.05) is 29.8 Å². The molecule has 0 fully saturated rings. The quantitative estimate of drug-likeness (QED) is 0.832. The van der Waals surface area contributed by atoms with Gasteiger partial charge < -0.3 is 0 Å². The van der Waals surface area contributed by atoms with E-state index in [2.05, 4.69) is 15.9 Å². The van der Waals surface area contributed by atoms with Gasteiger partial charge in [-0.2, -0.15) is 0 Å². The van der Waals surface area contributed by atoms with E-state index in [-0.39, 0.29) is 0 Å². The second-order valence-corrected chi connectivity index (χ2v) is 6.58. The van der Waals surface area contributed by atoms with E-state index in [4.69, 9.17) is 0 Å². The molecule has 0 aliphatic rings. The Bertz CT molecular complexity index is 435. The highest BCUT2D eigenvalue weighted by Crippen LogP contribution is 2.24. The van der Waals surface area contributed by atoms with Crippen LogP contribution in [0.1, 0.15) is 25.3 Å². The van der Waals surface area contributed by atoms with Gasteiger partial charge in [-0.3, -0.25) is 0 Å². The largest absolute Gasteiger partial charge is 0.224 e. The molecule has 4 heteroatoms. The normalized spacial score (nSPS) is 12.1. The summed E-state index contributed by atoms with van der Waals surface area (Å²) in [6.45, 7) is 4.07. The molecule has 0 heterocycles. The Kier molecular flexibility index (Phi) is 3.37. The molecule has 1 aromatic carbocycles. The number of halogens is 1. The molecule has 0 radical (unpaired) electrons. The fourth-order valence-corrected chi connectivity index (χ4v) is 2.49. The lowest BCUT2D eigenvalue weighted by Gasteiger charge is -2.08. The first-order valence-electron chi connectivity index (χ1n) is 4.31. The van der Waals surface area contributed by atoms with Gasteiger partial charge in [0, 0.05) is 10.7 Å². The first kappa shape index (κ1) is 11.7. The molecule has 0 aliphatic carbocycles. The van der Waals surface area contributed by atoms with Gasteiger partial charge in [0.2, 0.25) is 0 Å². The molecule has 0 saturated carbocycles. The van der Waals surface area contributed by atoms with Crippen LogP contribution in [0.2, 0.25) is 0 Å². The first-order valence-corrected chi connectivity index (χ1v) is 6.99. The fraction of sp³-hybridized carbons (Fsp3) is 0.400. The monoisotopic (exact) mass is 276 g/mol. The Hall–Kier alpha value is -0.350. The van der Waals surface area contributed by atoms with Crippen molar-refractivity contribution in [3.8, 4) is 0 Å². The zero-order chi connectivity index (χ0) is 10.9. The van der Waals surface area contributed by atoms with E-state index in [1.54, 1.807) is 12.1 Å². The number of benzene rings is 1. The summed E-state index contributed by atoms with van der Waals surface area (Å²) in [5, 5.41) is 0. The minimum atomic E-state index is -3.11. The average molecular weight is 277 g/mol. The minimum absolute atomic E-state index is 0.327. The van der Waals surface area contributed by atoms with Gasteiger partial charge in [-0.25, -0.2) is 8.42 Å². The van der Waals surface area contributed by atoms with Gasteiger partial charge in [-0.15, -0.1) is 0 Å². The van der Waals surface area contributed by atoms with Gasteiger partial charge in [0.15, 0.2) is 9.84 Å². The van der Waals surface area contributed by atoms with Crippen LogP contribution in [0.5, 0.6) is 0 Å². The smallest absolute Gasteiger partial charge is 0.175 e. The maximum Gasteiger partial charge on any atom is 0.175 e. The van der Waals surface area contributed by atoms with Crippen molar-refractivity contribution in [1.82, 2.24) is 0 Å². The van der Waals surface area contributed by atoms with E-state index in [0.717, 1.165) is 10.0 Å². The molecule has 0 bridgehead atoms. The lowest BCUT2D eigenvalue weighted by atomic mass is 10.0. The highest BCUT2D eigenvalue weighted by atomic mass is 79.9. The van der Waals surface area contributed by atoms with Gasteiger partial charge >= 0.3 is 0 Å². The third-order valence-electron chi connectivity index (χ3n) is 1.99. The number of hydrogen-bond acceptors (Lipinski definition) is 2. The van der Waals surface area contributed by atoms with Crippen molar-refractivity contribution in [3.05, 3.63) is 28.2 Å². The molecule has 0 spiro atoms. The zero-order valence-electron chi connectivity index (χ0n) is 8.41. The van der Waals surface area contributed by atoms with E-state index < -0.39 is 9.84 Å². The van der Waals surface area contributed by atoms with Gasteiger partial charge in [0.05, 0.1) is 4.90 Å². The molecular weight excluding hydrogens is 264 g/mol. The lowest BCUT2D eigenvalue weighted by Crippen LogP contribution is -1.99. The Morgan fingerprint density at radius 1 is 1.21 bits per heavy atom. The number of sulfone groups is 1. The van der Waals surface area contributed by atoms with Crippen LogP contribution in [-0.2, 0) is 9.84 Å². The summed E-state index contributed by atoms with van der Waals surface area (Å²) >= 11 is 3.31. The van der Waals surface area contributed by atoms with Crippen LogP contribution in [0, 0.1) is 0 Å². The molecule has 0 amide bonds. The summed E-state index contributed by atoms with van der Waals surface area (Å²) in [5.74, 6) is 0.327. The maximum absolute atomic E-state index is 11.3. The van der Waals surface area contributed by atoms with Crippen LogP contribution in [0.15, 0.2) is 27.6 Å². The van der Waals surface area contributed by atoms with Crippen molar-refractivity contribution in [1.29, 1.82) is 0 Å². The van der Waals surface area contributed by atoms with Crippen LogP contribution in [0.3, 0.4) is 0 Å². The molecular formula is C10H13BrO2S. The van der Waals surface area contributed by atoms with E-state index in [1.165, 1.54) is 6.26 Å². The van der Waals surface area contributed by atoms with Crippen molar-refractivity contribution < 1.29 is 8.42 Å².